The van der Waals surface area contributed by atoms with Crippen molar-refractivity contribution >= 4 is 16.9 Å². The van der Waals surface area contributed by atoms with Gasteiger partial charge in [-0.1, -0.05) is 12.1 Å². The molecule has 0 spiro atoms. The van der Waals surface area contributed by atoms with E-state index in [9.17, 15) is 4.79 Å². The highest BCUT2D eigenvalue weighted by atomic mass is 16.6. The van der Waals surface area contributed by atoms with Crippen LogP contribution in [0.15, 0.2) is 28.9 Å². The lowest BCUT2D eigenvalue weighted by atomic mass is 10.1. The molecular formula is C13H15NO4. The predicted molar refractivity (Wildman–Crippen MR) is 66.5 cm³/mol. The fraction of sp³-hybridized carbons (Fsp3) is 0.308. The first kappa shape index (κ1) is 12.4. The summed E-state index contributed by atoms with van der Waals surface area (Å²) in [6.45, 7) is 0.421. The monoisotopic (exact) mass is 249 g/mol. The lowest BCUT2D eigenvalue weighted by Crippen LogP contribution is -2.12. The van der Waals surface area contributed by atoms with Crippen molar-refractivity contribution in [1.82, 2.24) is 0 Å². The van der Waals surface area contributed by atoms with Crippen LogP contribution in [0.5, 0.6) is 5.75 Å². The zero-order valence-corrected chi connectivity index (χ0v) is 10.1. The maximum atomic E-state index is 11.0. The molecule has 0 radical (unpaired) electrons. The SMILES string of the molecule is COC(=O)COc1cccc2c(CCN)coc12. The molecule has 0 saturated heterocycles. The third-order valence-electron chi connectivity index (χ3n) is 2.63. The van der Waals surface area contributed by atoms with Crippen LogP contribution in [0.2, 0.25) is 0 Å². The number of rotatable bonds is 5. The van der Waals surface area contributed by atoms with E-state index in [0.717, 1.165) is 17.4 Å². The van der Waals surface area contributed by atoms with E-state index in [4.69, 9.17) is 14.9 Å². The van der Waals surface area contributed by atoms with Gasteiger partial charge in [-0.2, -0.15) is 0 Å². The second kappa shape index (κ2) is 5.55. The van der Waals surface area contributed by atoms with E-state index in [2.05, 4.69) is 4.74 Å². The molecule has 18 heavy (non-hydrogen) atoms. The van der Waals surface area contributed by atoms with Crippen molar-refractivity contribution in [2.45, 2.75) is 6.42 Å². The average Bonchev–Trinajstić information content (AvgIpc) is 2.80. The molecular weight excluding hydrogens is 234 g/mol. The molecule has 0 unspecified atom stereocenters. The lowest BCUT2D eigenvalue weighted by molar-refractivity contribution is -0.142. The Hall–Kier alpha value is -2.01. The van der Waals surface area contributed by atoms with Gasteiger partial charge in [0.1, 0.15) is 0 Å². The molecule has 1 aromatic heterocycles. The van der Waals surface area contributed by atoms with Gasteiger partial charge in [-0.3, -0.25) is 0 Å². The van der Waals surface area contributed by atoms with Crippen LogP contribution in [0.4, 0.5) is 0 Å². The Morgan fingerprint density at radius 1 is 1.44 bits per heavy atom. The standard InChI is InChI=1S/C13H15NO4/c1-16-12(15)8-17-11-4-2-3-10-9(5-6-14)7-18-13(10)11/h2-4,7H,5-6,8,14H2,1H3. The number of ether oxygens (including phenoxy) is 2. The number of nitrogens with two attached hydrogens (primary N) is 1. The smallest absolute Gasteiger partial charge is 0.343 e. The molecule has 0 saturated carbocycles. The molecule has 2 aromatic rings. The third kappa shape index (κ3) is 2.46. The summed E-state index contributed by atoms with van der Waals surface area (Å²) < 4.78 is 15.3. The van der Waals surface area contributed by atoms with Gasteiger partial charge >= 0.3 is 5.97 Å². The first-order valence-electron chi connectivity index (χ1n) is 5.65. The van der Waals surface area contributed by atoms with Crippen molar-refractivity contribution in [3.8, 4) is 5.75 Å². The van der Waals surface area contributed by atoms with E-state index >= 15 is 0 Å². The minimum atomic E-state index is -0.430. The largest absolute Gasteiger partial charge is 0.478 e. The van der Waals surface area contributed by atoms with E-state index in [1.807, 2.05) is 12.1 Å². The number of para-hydroxylation sites is 1. The van der Waals surface area contributed by atoms with Crippen molar-refractivity contribution in [2.75, 3.05) is 20.3 Å². The molecule has 5 heteroatoms. The lowest BCUT2D eigenvalue weighted by Gasteiger charge is -2.05. The van der Waals surface area contributed by atoms with E-state index in [1.54, 1.807) is 12.3 Å². The third-order valence-corrected chi connectivity index (χ3v) is 2.63. The summed E-state index contributed by atoms with van der Waals surface area (Å²) in [4.78, 5) is 11.0. The average molecular weight is 249 g/mol. The molecule has 96 valence electrons. The molecule has 0 fully saturated rings. The van der Waals surface area contributed by atoms with Gasteiger partial charge in [0.25, 0.3) is 0 Å². The van der Waals surface area contributed by atoms with Crippen LogP contribution in [0.3, 0.4) is 0 Å². The second-order valence-electron chi connectivity index (χ2n) is 3.80. The first-order chi connectivity index (χ1) is 8.76. The maximum absolute atomic E-state index is 11.0. The number of hydrogen-bond donors (Lipinski definition) is 1. The van der Waals surface area contributed by atoms with Crippen molar-refractivity contribution in [3.63, 3.8) is 0 Å². The van der Waals surface area contributed by atoms with Crippen LogP contribution in [0.1, 0.15) is 5.56 Å². The highest BCUT2D eigenvalue weighted by Crippen LogP contribution is 2.29. The van der Waals surface area contributed by atoms with E-state index in [1.165, 1.54) is 7.11 Å². The first-order valence-corrected chi connectivity index (χ1v) is 5.65. The van der Waals surface area contributed by atoms with Crippen LogP contribution in [-0.2, 0) is 16.0 Å². The summed E-state index contributed by atoms with van der Waals surface area (Å²) >= 11 is 0. The summed E-state index contributed by atoms with van der Waals surface area (Å²) in [5.41, 5.74) is 7.20. The van der Waals surface area contributed by atoms with Crippen LogP contribution >= 0.6 is 0 Å². The maximum Gasteiger partial charge on any atom is 0.343 e. The highest BCUT2D eigenvalue weighted by Gasteiger charge is 2.11. The fourth-order valence-corrected chi connectivity index (χ4v) is 1.74. The minimum absolute atomic E-state index is 0.136. The summed E-state index contributed by atoms with van der Waals surface area (Å²) in [6.07, 6.45) is 2.41. The number of esters is 1. The molecule has 2 rings (SSSR count). The normalized spacial score (nSPS) is 10.6. The van der Waals surface area contributed by atoms with Crippen LogP contribution < -0.4 is 10.5 Å². The predicted octanol–water partition coefficient (Wildman–Crippen LogP) is 1.49. The summed E-state index contributed by atoms with van der Waals surface area (Å²) in [7, 11) is 1.32. The molecule has 1 heterocycles. The zero-order valence-electron chi connectivity index (χ0n) is 10.1. The Balaban J connectivity index is 2.26. The number of furan rings is 1. The molecule has 0 aliphatic heterocycles. The Bertz CT molecular complexity index is 547. The molecule has 0 atom stereocenters. The number of benzene rings is 1. The zero-order chi connectivity index (χ0) is 13.0. The van der Waals surface area contributed by atoms with Crippen LogP contribution in [0, 0.1) is 0 Å². The molecule has 0 bridgehead atoms. The van der Waals surface area contributed by atoms with E-state index in [0.29, 0.717) is 17.9 Å². The molecule has 1 aromatic carbocycles. The number of fused-ring (bicyclic) bond motifs is 1. The van der Waals surface area contributed by atoms with Gasteiger partial charge in [0.2, 0.25) is 0 Å². The molecule has 5 nitrogen and oxygen atoms in total. The van der Waals surface area contributed by atoms with Gasteiger partial charge in [-0.25, -0.2) is 4.79 Å². The van der Waals surface area contributed by atoms with Gasteiger partial charge in [0.15, 0.2) is 17.9 Å². The number of carbonyl (C=O) groups is 1. The molecule has 0 aliphatic carbocycles. The summed E-state index contributed by atoms with van der Waals surface area (Å²) in [5, 5.41) is 0.961. The van der Waals surface area contributed by atoms with Gasteiger partial charge in [0.05, 0.1) is 13.4 Å². The van der Waals surface area contributed by atoms with E-state index in [-0.39, 0.29) is 6.61 Å². The summed E-state index contributed by atoms with van der Waals surface area (Å²) in [6, 6.07) is 5.54. The number of hydrogen-bond acceptors (Lipinski definition) is 5. The van der Waals surface area contributed by atoms with Gasteiger partial charge in [-0.15, -0.1) is 0 Å². The van der Waals surface area contributed by atoms with Gasteiger partial charge < -0.3 is 19.6 Å². The van der Waals surface area contributed by atoms with Gasteiger partial charge in [-0.05, 0) is 24.6 Å². The quantitative estimate of drug-likeness (QED) is 0.812. The Morgan fingerprint density at radius 2 is 2.28 bits per heavy atom. The topological polar surface area (TPSA) is 74.7 Å². The fourth-order valence-electron chi connectivity index (χ4n) is 1.74. The number of methoxy groups -OCH3 is 1. The Labute approximate surface area is 104 Å². The van der Waals surface area contributed by atoms with Crippen LogP contribution in [-0.4, -0.2) is 26.2 Å². The Kier molecular flexibility index (Phi) is 3.84. The van der Waals surface area contributed by atoms with E-state index < -0.39 is 5.97 Å². The summed E-state index contributed by atoms with van der Waals surface area (Å²) in [5.74, 6) is 0.0990. The molecule has 0 amide bonds. The number of carbonyl (C=O) groups excluding carboxylic acids is 1. The van der Waals surface area contributed by atoms with Crippen molar-refractivity contribution < 1.29 is 18.7 Å². The Morgan fingerprint density at radius 3 is 3.00 bits per heavy atom. The minimum Gasteiger partial charge on any atom is -0.478 e. The van der Waals surface area contributed by atoms with Gasteiger partial charge in [0, 0.05) is 5.39 Å². The van der Waals surface area contributed by atoms with Crippen molar-refractivity contribution in [3.05, 3.63) is 30.0 Å². The molecule has 2 N–H and O–H groups in total. The second-order valence-corrected chi connectivity index (χ2v) is 3.80. The molecule has 0 aliphatic rings. The van der Waals surface area contributed by atoms with Crippen molar-refractivity contribution in [2.24, 2.45) is 5.73 Å². The highest BCUT2D eigenvalue weighted by molar-refractivity contribution is 5.86. The van der Waals surface area contributed by atoms with Crippen molar-refractivity contribution in [1.29, 1.82) is 0 Å². The van der Waals surface area contributed by atoms with Crippen LogP contribution in [0.25, 0.3) is 11.0 Å².